The molecule has 2 aromatic rings. The lowest BCUT2D eigenvalue weighted by Crippen LogP contribution is -2.31. The number of thioether (sulfide) groups is 1. The summed E-state index contributed by atoms with van der Waals surface area (Å²) in [6.07, 6.45) is 2.46. The molecule has 0 aromatic heterocycles. The Hall–Kier alpha value is -2.60. The van der Waals surface area contributed by atoms with E-state index in [0.29, 0.717) is 11.7 Å². The number of ether oxygens (including phenoxy) is 1. The van der Waals surface area contributed by atoms with Crippen molar-refractivity contribution in [2.75, 3.05) is 7.11 Å². The Bertz CT molecular complexity index is 862. The number of carbonyl (C=O) groups excluding carboxylic acids is 1. The second kappa shape index (κ2) is 8.86. The van der Waals surface area contributed by atoms with E-state index in [1.165, 1.54) is 11.8 Å². The normalized spacial score (nSPS) is 18.6. The first-order valence-corrected chi connectivity index (χ1v) is 9.78. The van der Waals surface area contributed by atoms with Crippen molar-refractivity contribution in [1.29, 1.82) is 0 Å². The van der Waals surface area contributed by atoms with Crippen LogP contribution in [-0.4, -0.2) is 34.5 Å². The van der Waals surface area contributed by atoms with E-state index in [-0.39, 0.29) is 11.2 Å². The fourth-order valence-corrected chi connectivity index (χ4v) is 3.81. The number of hydrogen-bond acceptors (Lipinski definition) is 5. The zero-order chi connectivity index (χ0) is 19.2. The van der Waals surface area contributed by atoms with Gasteiger partial charge in [-0.3, -0.25) is 9.69 Å². The summed E-state index contributed by atoms with van der Waals surface area (Å²) in [4.78, 5) is 14.5. The molecular formula is C21H23N3O2S. The van der Waals surface area contributed by atoms with Crippen LogP contribution in [0.2, 0.25) is 0 Å². The smallest absolute Gasteiger partial charge is 0.242 e. The molecule has 5 nitrogen and oxygen atoms in total. The van der Waals surface area contributed by atoms with E-state index in [4.69, 9.17) is 4.74 Å². The Morgan fingerprint density at radius 3 is 2.59 bits per heavy atom. The van der Waals surface area contributed by atoms with E-state index < -0.39 is 0 Å². The van der Waals surface area contributed by atoms with E-state index in [2.05, 4.69) is 23.2 Å². The van der Waals surface area contributed by atoms with Gasteiger partial charge in [0, 0.05) is 0 Å². The van der Waals surface area contributed by atoms with Gasteiger partial charge in [-0.05, 0) is 54.3 Å². The molecule has 1 aliphatic rings. The van der Waals surface area contributed by atoms with Crippen molar-refractivity contribution in [2.45, 2.75) is 32.1 Å². The second-order valence-corrected chi connectivity index (χ2v) is 7.44. The maximum absolute atomic E-state index is 12.7. The van der Waals surface area contributed by atoms with Gasteiger partial charge in [0.2, 0.25) is 5.91 Å². The van der Waals surface area contributed by atoms with Crippen LogP contribution in [0, 0.1) is 6.92 Å². The first kappa shape index (κ1) is 19.2. The first-order valence-electron chi connectivity index (χ1n) is 8.90. The maximum atomic E-state index is 12.7. The summed E-state index contributed by atoms with van der Waals surface area (Å²) < 4.78 is 5.15. The molecule has 1 saturated heterocycles. The molecule has 0 unspecified atom stereocenters. The number of nitrogens with zero attached hydrogens (tertiary/aromatic N) is 3. The van der Waals surface area contributed by atoms with Crippen LogP contribution in [-0.2, 0) is 11.3 Å². The third-order valence-corrected chi connectivity index (χ3v) is 5.78. The average Bonchev–Trinajstić information content (AvgIpc) is 2.99. The Morgan fingerprint density at radius 2 is 1.93 bits per heavy atom. The van der Waals surface area contributed by atoms with Crippen molar-refractivity contribution < 1.29 is 9.53 Å². The first-order chi connectivity index (χ1) is 13.1. The number of benzene rings is 2. The predicted octanol–water partition coefficient (Wildman–Crippen LogP) is 4.25. The minimum atomic E-state index is -0.0936. The number of amidine groups is 1. The van der Waals surface area contributed by atoms with E-state index in [9.17, 15) is 4.79 Å². The lowest BCUT2D eigenvalue weighted by atomic mass is 10.1. The number of hydrogen-bond donors (Lipinski definition) is 0. The molecule has 0 saturated carbocycles. The summed E-state index contributed by atoms with van der Waals surface area (Å²) in [6.45, 7) is 4.59. The summed E-state index contributed by atoms with van der Waals surface area (Å²) in [7, 11) is 1.64. The van der Waals surface area contributed by atoms with Crippen molar-refractivity contribution in [3.8, 4) is 5.75 Å². The van der Waals surface area contributed by atoms with Gasteiger partial charge in [-0.15, -0.1) is 5.10 Å². The van der Waals surface area contributed by atoms with Gasteiger partial charge in [0.25, 0.3) is 0 Å². The fraction of sp³-hybridized carbons (Fsp3) is 0.286. The Morgan fingerprint density at radius 1 is 1.19 bits per heavy atom. The predicted molar refractivity (Wildman–Crippen MR) is 111 cm³/mol. The highest BCUT2D eigenvalue weighted by molar-refractivity contribution is 8.15. The molecule has 6 heteroatoms. The summed E-state index contributed by atoms with van der Waals surface area (Å²) in [6, 6.07) is 15.7. The minimum Gasteiger partial charge on any atom is -0.497 e. The molecule has 0 N–H and O–H groups in total. The molecular weight excluding hydrogens is 358 g/mol. The van der Waals surface area contributed by atoms with Crippen molar-refractivity contribution >= 4 is 29.1 Å². The summed E-state index contributed by atoms with van der Waals surface area (Å²) >= 11 is 1.49. The SMILES string of the molecule is CC[C@H]1S/C(=N\N=C/c2ccc(OC)cc2)N(Cc2ccccc2C)C1=O. The van der Waals surface area contributed by atoms with Crippen LogP contribution in [0.15, 0.2) is 58.7 Å². The summed E-state index contributed by atoms with van der Waals surface area (Å²) in [5, 5.41) is 9.10. The van der Waals surface area contributed by atoms with Gasteiger partial charge in [-0.1, -0.05) is 43.0 Å². The molecule has 2 aromatic carbocycles. The standard InChI is InChI=1S/C21H23N3O2S/c1-4-19-20(25)24(14-17-8-6-5-7-15(17)2)21(27-19)23-22-13-16-9-11-18(26-3)12-10-16/h5-13,19H,4,14H2,1-3H3/b22-13-,23-21-/t19-/m1/s1. The molecule has 1 fully saturated rings. The minimum absolute atomic E-state index is 0.0936. The molecule has 1 amide bonds. The molecule has 1 aliphatic heterocycles. The van der Waals surface area contributed by atoms with Gasteiger partial charge in [0.1, 0.15) is 5.75 Å². The third kappa shape index (κ3) is 4.57. The third-order valence-electron chi connectivity index (χ3n) is 4.45. The Balaban J connectivity index is 1.79. The fourth-order valence-electron chi connectivity index (χ4n) is 2.78. The monoisotopic (exact) mass is 381 g/mol. The molecule has 140 valence electrons. The topological polar surface area (TPSA) is 54.3 Å². The maximum Gasteiger partial charge on any atom is 0.242 e. The largest absolute Gasteiger partial charge is 0.497 e. The van der Waals surface area contributed by atoms with Crippen LogP contribution in [0.3, 0.4) is 0 Å². The van der Waals surface area contributed by atoms with E-state index >= 15 is 0 Å². The van der Waals surface area contributed by atoms with Crippen molar-refractivity contribution in [3.05, 3.63) is 65.2 Å². The number of methoxy groups -OCH3 is 1. The van der Waals surface area contributed by atoms with Gasteiger partial charge in [0.05, 0.1) is 25.1 Å². The van der Waals surface area contributed by atoms with Crippen LogP contribution in [0.4, 0.5) is 0 Å². The van der Waals surface area contributed by atoms with Gasteiger partial charge >= 0.3 is 0 Å². The molecule has 0 spiro atoms. The Labute approximate surface area is 164 Å². The lowest BCUT2D eigenvalue weighted by molar-refractivity contribution is -0.126. The highest BCUT2D eigenvalue weighted by Gasteiger charge is 2.37. The number of carbonyl (C=O) groups is 1. The summed E-state index contributed by atoms with van der Waals surface area (Å²) in [5.41, 5.74) is 3.21. The van der Waals surface area contributed by atoms with Crippen LogP contribution in [0.25, 0.3) is 0 Å². The van der Waals surface area contributed by atoms with Crippen LogP contribution >= 0.6 is 11.8 Å². The molecule has 3 rings (SSSR count). The molecule has 1 heterocycles. The zero-order valence-electron chi connectivity index (χ0n) is 15.8. The van der Waals surface area contributed by atoms with Crippen molar-refractivity contribution in [3.63, 3.8) is 0 Å². The zero-order valence-corrected chi connectivity index (χ0v) is 16.6. The van der Waals surface area contributed by atoms with E-state index in [1.54, 1.807) is 18.2 Å². The molecule has 0 bridgehead atoms. The highest BCUT2D eigenvalue weighted by atomic mass is 32.2. The summed E-state index contributed by atoms with van der Waals surface area (Å²) in [5.74, 6) is 0.898. The Kier molecular flexibility index (Phi) is 6.29. The number of amides is 1. The quantitative estimate of drug-likeness (QED) is 0.555. The van der Waals surface area contributed by atoms with Gasteiger partial charge in [-0.2, -0.15) is 5.10 Å². The molecule has 1 atom stereocenters. The molecule has 0 radical (unpaired) electrons. The van der Waals surface area contributed by atoms with E-state index in [1.807, 2.05) is 49.4 Å². The molecule has 0 aliphatic carbocycles. The van der Waals surface area contributed by atoms with Crippen molar-refractivity contribution in [1.82, 2.24) is 4.90 Å². The van der Waals surface area contributed by atoms with Crippen LogP contribution < -0.4 is 4.74 Å². The van der Waals surface area contributed by atoms with Gasteiger partial charge in [-0.25, -0.2) is 0 Å². The van der Waals surface area contributed by atoms with Crippen molar-refractivity contribution in [2.24, 2.45) is 10.2 Å². The van der Waals surface area contributed by atoms with Crippen LogP contribution in [0.5, 0.6) is 5.75 Å². The molecule has 27 heavy (non-hydrogen) atoms. The van der Waals surface area contributed by atoms with Crippen LogP contribution in [0.1, 0.15) is 30.0 Å². The lowest BCUT2D eigenvalue weighted by Gasteiger charge is -2.17. The number of rotatable bonds is 6. The average molecular weight is 382 g/mol. The highest BCUT2D eigenvalue weighted by Crippen LogP contribution is 2.31. The van der Waals surface area contributed by atoms with Gasteiger partial charge in [0.15, 0.2) is 5.17 Å². The van der Waals surface area contributed by atoms with Gasteiger partial charge < -0.3 is 4.74 Å². The number of aryl methyl sites for hydroxylation is 1. The second-order valence-electron chi connectivity index (χ2n) is 6.27. The van der Waals surface area contributed by atoms with E-state index in [0.717, 1.165) is 28.9 Å².